The van der Waals surface area contributed by atoms with Gasteiger partial charge in [-0.3, -0.25) is 4.79 Å². The number of amides is 1. The Hall–Kier alpha value is -1.12. The second-order valence-electron chi connectivity index (χ2n) is 2.10. The molecule has 0 fully saturated rings. The van der Waals surface area contributed by atoms with E-state index in [1.807, 2.05) is 14.1 Å². The van der Waals surface area contributed by atoms with Crippen LogP contribution < -0.4 is 0 Å². The van der Waals surface area contributed by atoms with Crippen molar-refractivity contribution < 1.29 is 4.79 Å². The van der Waals surface area contributed by atoms with E-state index in [9.17, 15) is 4.79 Å². The lowest BCUT2D eigenvalue weighted by Gasteiger charge is -2.09. The SMILES string of the molecule is C=CC(=O)N=C(C)N(C)C. The molecule has 10 heavy (non-hydrogen) atoms. The van der Waals surface area contributed by atoms with Crippen LogP contribution in [0.4, 0.5) is 0 Å². The minimum atomic E-state index is -0.300. The first-order valence-electron chi connectivity index (χ1n) is 2.97. The third-order valence-corrected chi connectivity index (χ3v) is 1.09. The number of amidine groups is 1. The first-order chi connectivity index (χ1) is 4.57. The molecule has 56 valence electrons. The number of rotatable bonds is 1. The van der Waals surface area contributed by atoms with Gasteiger partial charge in [-0.2, -0.15) is 4.99 Å². The molecule has 3 heteroatoms. The molecular weight excluding hydrogens is 128 g/mol. The first kappa shape index (κ1) is 8.88. The fourth-order valence-corrected chi connectivity index (χ4v) is 0.305. The van der Waals surface area contributed by atoms with Gasteiger partial charge < -0.3 is 4.90 Å². The summed E-state index contributed by atoms with van der Waals surface area (Å²) in [6.45, 7) is 5.06. The van der Waals surface area contributed by atoms with Crippen molar-refractivity contribution in [3.8, 4) is 0 Å². The van der Waals surface area contributed by atoms with Crippen LogP contribution in [0.5, 0.6) is 0 Å². The van der Waals surface area contributed by atoms with E-state index in [-0.39, 0.29) is 5.91 Å². The van der Waals surface area contributed by atoms with E-state index in [1.165, 1.54) is 6.08 Å². The average molecular weight is 140 g/mol. The summed E-state index contributed by atoms with van der Waals surface area (Å²) in [5, 5.41) is 0. The summed E-state index contributed by atoms with van der Waals surface area (Å²) in [5.74, 6) is 0.385. The van der Waals surface area contributed by atoms with Crippen molar-refractivity contribution in [3.05, 3.63) is 12.7 Å². The van der Waals surface area contributed by atoms with Gasteiger partial charge in [-0.1, -0.05) is 6.58 Å². The molecule has 3 nitrogen and oxygen atoms in total. The molecule has 0 saturated heterocycles. The number of aliphatic imine (C=N–C) groups is 1. The maximum absolute atomic E-state index is 10.6. The average Bonchev–Trinajstić information content (AvgIpc) is 1.87. The van der Waals surface area contributed by atoms with Crippen LogP contribution in [0.25, 0.3) is 0 Å². The van der Waals surface area contributed by atoms with E-state index in [2.05, 4.69) is 11.6 Å². The number of carbonyl (C=O) groups excluding carboxylic acids is 1. The van der Waals surface area contributed by atoms with Gasteiger partial charge in [0, 0.05) is 14.1 Å². The van der Waals surface area contributed by atoms with Crippen molar-refractivity contribution in [1.29, 1.82) is 0 Å². The molecule has 0 aromatic rings. The fourth-order valence-electron chi connectivity index (χ4n) is 0.305. The quantitative estimate of drug-likeness (QED) is 0.305. The zero-order chi connectivity index (χ0) is 8.15. The Morgan fingerprint density at radius 1 is 1.60 bits per heavy atom. The molecule has 0 unspecified atom stereocenters. The molecule has 0 heterocycles. The number of hydrogen-bond acceptors (Lipinski definition) is 1. The van der Waals surface area contributed by atoms with Gasteiger partial charge in [0.25, 0.3) is 5.91 Å². The van der Waals surface area contributed by atoms with Crippen molar-refractivity contribution >= 4 is 11.7 Å². The summed E-state index contributed by atoms with van der Waals surface area (Å²) >= 11 is 0. The summed E-state index contributed by atoms with van der Waals surface area (Å²) in [5.41, 5.74) is 0. The van der Waals surface area contributed by atoms with E-state index in [0.717, 1.165) is 0 Å². The maximum atomic E-state index is 10.6. The van der Waals surface area contributed by atoms with Crippen LogP contribution in [0.15, 0.2) is 17.6 Å². The van der Waals surface area contributed by atoms with Gasteiger partial charge in [0.05, 0.1) is 0 Å². The van der Waals surface area contributed by atoms with Gasteiger partial charge in [-0.25, -0.2) is 0 Å². The molecule has 0 bridgehead atoms. The lowest BCUT2D eigenvalue weighted by atomic mass is 10.5. The summed E-state index contributed by atoms with van der Waals surface area (Å²) < 4.78 is 0. The fraction of sp³-hybridized carbons (Fsp3) is 0.429. The van der Waals surface area contributed by atoms with Gasteiger partial charge in [-0.15, -0.1) is 0 Å². The van der Waals surface area contributed by atoms with Crippen LogP contribution in [0, 0.1) is 0 Å². The van der Waals surface area contributed by atoms with Gasteiger partial charge in [-0.05, 0) is 13.0 Å². The van der Waals surface area contributed by atoms with Crippen molar-refractivity contribution in [1.82, 2.24) is 4.90 Å². The largest absolute Gasteiger partial charge is 0.366 e. The van der Waals surface area contributed by atoms with E-state index in [0.29, 0.717) is 5.84 Å². The molecule has 0 saturated carbocycles. The third kappa shape index (κ3) is 3.02. The zero-order valence-corrected chi connectivity index (χ0v) is 6.59. The molecule has 0 atom stereocenters. The summed E-state index contributed by atoms with van der Waals surface area (Å²) in [6.07, 6.45) is 1.19. The monoisotopic (exact) mass is 140 g/mol. The second kappa shape index (κ2) is 3.82. The molecular formula is C7H12N2O. The van der Waals surface area contributed by atoms with Gasteiger partial charge in [0.15, 0.2) is 0 Å². The molecule has 1 amide bonds. The van der Waals surface area contributed by atoms with Crippen LogP contribution in [0.3, 0.4) is 0 Å². The highest BCUT2D eigenvalue weighted by Gasteiger charge is 1.94. The molecule has 0 aliphatic rings. The highest BCUT2D eigenvalue weighted by molar-refractivity contribution is 5.98. The number of nitrogens with zero attached hydrogens (tertiary/aromatic N) is 2. The van der Waals surface area contributed by atoms with Crippen LogP contribution in [0.2, 0.25) is 0 Å². The van der Waals surface area contributed by atoms with Gasteiger partial charge >= 0.3 is 0 Å². The lowest BCUT2D eigenvalue weighted by molar-refractivity contribution is -0.113. The molecule has 0 radical (unpaired) electrons. The summed E-state index contributed by atoms with van der Waals surface area (Å²) in [6, 6.07) is 0. The van der Waals surface area contributed by atoms with Gasteiger partial charge in [0.1, 0.15) is 5.84 Å². The van der Waals surface area contributed by atoms with Crippen molar-refractivity contribution in [2.45, 2.75) is 6.92 Å². The van der Waals surface area contributed by atoms with Crippen molar-refractivity contribution in [3.63, 3.8) is 0 Å². The van der Waals surface area contributed by atoms with Crippen LogP contribution in [-0.4, -0.2) is 30.7 Å². The standard InChI is InChI=1S/C7H12N2O/c1-5-7(10)8-6(2)9(3)4/h5H,1H2,2-4H3. The minimum absolute atomic E-state index is 0.300. The molecule has 0 aliphatic heterocycles. The number of hydrogen-bond donors (Lipinski definition) is 0. The Balaban J connectivity index is 4.16. The Morgan fingerprint density at radius 2 is 2.10 bits per heavy atom. The highest BCUT2D eigenvalue weighted by Crippen LogP contribution is 1.84. The van der Waals surface area contributed by atoms with E-state index in [4.69, 9.17) is 0 Å². The smallest absolute Gasteiger partial charge is 0.270 e. The van der Waals surface area contributed by atoms with Crippen LogP contribution >= 0.6 is 0 Å². The Morgan fingerprint density at radius 3 is 2.40 bits per heavy atom. The predicted molar refractivity (Wildman–Crippen MR) is 42.0 cm³/mol. The third-order valence-electron chi connectivity index (χ3n) is 1.09. The maximum Gasteiger partial charge on any atom is 0.270 e. The Kier molecular flexibility index (Phi) is 3.39. The minimum Gasteiger partial charge on any atom is -0.366 e. The predicted octanol–water partition coefficient (Wildman–Crippen LogP) is 0.679. The number of carbonyl (C=O) groups is 1. The molecule has 0 N–H and O–H groups in total. The first-order valence-corrected chi connectivity index (χ1v) is 2.97. The molecule has 0 spiro atoms. The molecule has 0 rings (SSSR count). The molecule has 0 aliphatic carbocycles. The van der Waals surface area contributed by atoms with E-state index < -0.39 is 0 Å². The zero-order valence-electron chi connectivity index (χ0n) is 6.59. The Labute approximate surface area is 61.1 Å². The molecule has 0 aromatic heterocycles. The van der Waals surface area contributed by atoms with Gasteiger partial charge in [0.2, 0.25) is 0 Å². The summed E-state index contributed by atoms with van der Waals surface area (Å²) in [4.78, 5) is 16.0. The second-order valence-corrected chi connectivity index (χ2v) is 2.10. The Bertz CT molecular complexity index is 170. The van der Waals surface area contributed by atoms with Crippen molar-refractivity contribution in [2.75, 3.05) is 14.1 Å². The van der Waals surface area contributed by atoms with Crippen molar-refractivity contribution in [2.24, 2.45) is 4.99 Å². The normalized spacial score (nSPS) is 10.9. The highest BCUT2D eigenvalue weighted by atomic mass is 16.1. The lowest BCUT2D eigenvalue weighted by Crippen LogP contribution is -2.19. The van der Waals surface area contributed by atoms with E-state index in [1.54, 1.807) is 11.8 Å². The summed E-state index contributed by atoms with van der Waals surface area (Å²) in [7, 11) is 3.66. The van der Waals surface area contributed by atoms with E-state index >= 15 is 0 Å². The van der Waals surface area contributed by atoms with Crippen LogP contribution in [-0.2, 0) is 4.79 Å². The topological polar surface area (TPSA) is 32.7 Å². The molecule has 0 aromatic carbocycles. The van der Waals surface area contributed by atoms with Crippen LogP contribution in [0.1, 0.15) is 6.92 Å².